The van der Waals surface area contributed by atoms with Crippen molar-refractivity contribution in [3.05, 3.63) is 52.5 Å². The molecular formula is C18H23N3S. The van der Waals surface area contributed by atoms with Crippen molar-refractivity contribution < 1.29 is 0 Å². The van der Waals surface area contributed by atoms with Gasteiger partial charge in [0.05, 0.1) is 0 Å². The number of hydrogen-bond acceptors (Lipinski definition) is 4. The molecule has 2 atom stereocenters. The average molecular weight is 313 g/mol. The third kappa shape index (κ3) is 3.40. The zero-order chi connectivity index (χ0) is 14.8. The van der Waals surface area contributed by atoms with Crippen LogP contribution >= 0.6 is 11.3 Å². The van der Waals surface area contributed by atoms with Gasteiger partial charge in [0.1, 0.15) is 5.01 Å². The molecular weight excluding hydrogens is 290 g/mol. The molecule has 0 amide bonds. The van der Waals surface area contributed by atoms with Gasteiger partial charge in [-0.25, -0.2) is 4.98 Å². The number of aromatic nitrogens is 1. The molecule has 2 aliphatic carbocycles. The molecule has 22 heavy (non-hydrogen) atoms. The second-order valence-corrected chi connectivity index (χ2v) is 7.75. The van der Waals surface area contributed by atoms with E-state index in [2.05, 4.69) is 45.9 Å². The van der Waals surface area contributed by atoms with Gasteiger partial charge >= 0.3 is 0 Å². The van der Waals surface area contributed by atoms with Crippen LogP contribution in [0.4, 0.5) is 0 Å². The molecule has 4 heteroatoms. The van der Waals surface area contributed by atoms with Crippen LogP contribution in [0.25, 0.3) is 0 Å². The van der Waals surface area contributed by atoms with Crippen LogP contribution in [0.5, 0.6) is 0 Å². The Hall–Kier alpha value is -1.23. The lowest BCUT2D eigenvalue weighted by molar-refractivity contribution is 0.420. The minimum Gasteiger partial charge on any atom is -0.313 e. The first-order chi connectivity index (χ1) is 10.8. The van der Waals surface area contributed by atoms with Crippen molar-refractivity contribution >= 4 is 11.3 Å². The lowest BCUT2D eigenvalue weighted by Crippen LogP contribution is -2.34. The lowest BCUT2D eigenvalue weighted by atomic mass is 10.1. The van der Waals surface area contributed by atoms with E-state index < -0.39 is 0 Å². The smallest absolute Gasteiger partial charge is 0.106 e. The van der Waals surface area contributed by atoms with Crippen LogP contribution in [0.15, 0.2) is 41.9 Å². The van der Waals surface area contributed by atoms with E-state index in [0.29, 0.717) is 11.5 Å². The predicted octanol–water partition coefficient (Wildman–Crippen LogP) is 3.16. The fourth-order valence-corrected chi connectivity index (χ4v) is 3.79. The van der Waals surface area contributed by atoms with Crippen LogP contribution < -0.4 is 10.6 Å². The van der Waals surface area contributed by atoms with Crippen molar-refractivity contribution in [3.63, 3.8) is 0 Å². The zero-order valence-corrected chi connectivity index (χ0v) is 13.6. The Morgan fingerprint density at radius 2 is 2.05 bits per heavy atom. The number of hydrogen-bond donors (Lipinski definition) is 2. The molecule has 3 nitrogen and oxygen atoms in total. The van der Waals surface area contributed by atoms with Crippen LogP contribution in [0.3, 0.4) is 0 Å². The summed E-state index contributed by atoms with van der Waals surface area (Å²) in [5.41, 5.74) is 1.99. The minimum absolute atomic E-state index is 0.501. The summed E-state index contributed by atoms with van der Waals surface area (Å²) in [5, 5.41) is 10.6. The molecule has 1 heterocycles. The summed E-state index contributed by atoms with van der Waals surface area (Å²) in [7, 11) is 0. The molecule has 2 aromatic rings. The second-order valence-electron chi connectivity index (χ2n) is 6.77. The Kier molecular flexibility index (Phi) is 3.99. The third-order valence-corrected chi connectivity index (χ3v) is 5.75. The van der Waals surface area contributed by atoms with Gasteiger partial charge in [0.2, 0.25) is 0 Å². The molecule has 1 aromatic carbocycles. The molecule has 0 spiro atoms. The average Bonchev–Trinajstić information content (AvgIpc) is 3.45. The summed E-state index contributed by atoms with van der Waals surface area (Å²) in [6.45, 7) is 3.18. The van der Waals surface area contributed by atoms with Crippen molar-refractivity contribution in [1.29, 1.82) is 0 Å². The van der Waals surface area contributed by atoms with Crippen LogP contribution in [-0.4, -0.2) is 24.1 Å². The van der Waals surface area contributed by atoms with Crippen LogP contribution in [0.2, 0.25) is 0 Å². The van der Waals surface area contributed by atoms with E-state index in [1.165, 1.54) is 29.8 Å². The van der Waals surface area contributed by atoms with Gasteiger partial charge in [0.25, 0.3) is 0 Å². The molecule has 0 aliphatic heterocycles. The number of nitrogens with one attached hydrogen (secondary N) is 2. The number of nitrogens with zero attached hydrogens (tertiary/aromatic N) is 1. The summed E-state index contributed by atoms with van der Waals surface area (Å²) >= 11 is 1.73. The first kappa shape index (κ1) is 14.4. The van der Waals surface area contributed by atoms with E-state index >= 15 is 0 Å². The first-order valence-electron chi connectivity index (χ1n) is 8.22. The predicted molar refractivity (Wildman–Crippen MR) is 91.1 cm³/mol. The highest BCUT2D eigenvalue weighted by atomic mass is 32.1. The van der Waals surface area contributed by atoms with Crippen molar-refractivity contribution in [2.24, 2.45) is 5.41 Å². The van der Waals surface area contributed by atoms with E-state index in [9.17, 15) is 0 Å². The van der Waals surface area contributed by atoms with Gasteiger partial charge in [0, 0.05) is 43.2 Å². The molecule has 2 fully saturated rings. The molecule has 2 N–H and O–H groups in total. The van der Waals surface area contributed by atoms with Crippen molar-refractivity contribution in [2.45, 2.75) is 37.8 Å². The first-order valence-corrected chi connectivity index (χ1v) is 9.10. The van der Waals surface area contributed by atoms with Gasteiger partial charge in [-0.15, -0.1) is 11.3 Å². The second kappa shape index (κ2) is 6.11. The maximum Gasteiger partial charge on any atom is 0.106 e. The number of rotatable bonds is 8. The summed E-state index contributed by atoms with van der Waals surface area (Å²) in [4.78, 5) is 4.32. The molecule has 2 aliphatic rings. The Bertz CT molecular complexity index is 592. The van der Waals surface area contributed by atoms with Gasteiger partial charge in [-0.2, -0.15) is 0 Å². The van der Waals surface area contributed by atoms with Gasteiger partial charge < -0.3 is 10.6 Å². The minimum atomic E-state index is 0.501. The third-order valence-electron chi connectivity index (χ3n) is 4.97. The fourth-order valence-electron chi connectivity index (χ4n) is 3.20. The Morgan fingerprint density at radius 1 is 1.18 bits per heavy atom. The van der Waals surface area contributed by atoms with Crippen LogP contribution in [-0.2, 0) is 6.54 Å². The summed E-state index contributed by atoms with van der Waals surface area (Å²) in [6, 6.07) is 11.6. The Balaban J connectivity index is 1.20. The van der Waals surface area contributed by atoms with Crippen LogP contribution in [0.1, 0.15) is 35.8 Å². The fraction of sp³-hybridized carbons (Fsp3) is 0.500. The molecule has 0 radical (unpaired) electrons. The van der Waals surface area contributed by atoms with Crippen LogP contribution in [0, 0.1) is 5.41 Å². The standard InChI is InChI=1S/C18H23N3S/c1-2-4-14(5-3-1)15-10-16(15)21-13-18(6-7-18)12-19-11-17-20-8-9-22-17/h1-5,8-9,15-16,19,21H,6-7,10-13H2/t15-,16+/m1/s1. The maximum absolute atomic E-state index is 4.32. The molecule has 4 rings (SSSR count). The number of benzene rings is 1. The van der Waals surface area contributed by atoms with Crippen molar-refractivity contribution in [1.82, 2.24) is 15.6 Å². The van der Waals surface area contributed by atoms with Gasteiger partial charge in [-0.05, 0) is 30.2 Å². The van der Waals surface area contributed by atoms with E-state index in [0.717, 1.165) is 25.6 Å². The quantitative estimate of drug-likeness (QED) is 0.786. The zero-order valence-electron chi connectivity index (χ0n) is 12.8. The summed E-state index contributed by atoms with van der Waals surface area (Å²) in [6.07, 6.45) is 5.89. The molecule has 0 unspecified atom stereocenters. The number of thiazole rings is 1. The summed E-state index contributed by atoms with van der Waals surface area (Å²) < 4.78 is 0. The molecule has 116 valence electrons. The molecule has 2 saturated carbocycles. The van der Waals surface area contributed by atoms with E-state index in [-0.39, 0.29) is 0 Å². The lowest BCUT2D eigenvalue weighted by Gasteiger charge is -2.16. The van der Waals surface area contributed by atoms with Crippen molar-refractivity contribution in [3.8, 4) is 0 Å². The van der Waals surface area contributed by atoms with Gasteiger partial charge in [-0.3, -0.25) is 0 Å². The Morgan fingerprint density at radius 3 is 2.77 bits per heavy atom. The van der Waals surface area contributed by atoms with E-state index in [1.54, 1.807) is 11.3 Å². The largest absolute Gasteiger partial charge is 0.313 e. The highest BCUT2D eigenvalue weighted by Crippen LogP contribution is 2.46. The summed E-state index contributed by atoms with van der Waals surface area (Å²) in [5.74, 6) is 0.736. The maximum atomic E-state index is 4.32. The van der Waals surface area contributed by atoms with Gasteiger partial charge in [-0.1, -0.05) is 30.3 Å². The van der Waals surface area contributed by atoms with Gasteiger partial charge in [0.15, 0.2) is 0 Å². The van der Waals surface area contributed by atoms with Crippen molar-refractivity contribution in [2.75, 3.05) is 13.1 Å². The Labute approximate surface area is 136 Å². The van der Waals surface area contributed by atoms with E-state index in [1.807, 2.05) is 11.6 Å². The SMILES string of the molecule is c1ccc([C@H]2C[C@@H]2NCC2(CNCc3nccs3)CC2)cc1. The van der Waals surface area contributed by atoms with E-state index in [4.69, 9.17) is 0 Å². The monoisotopic (exact) mass is 313 g/mol. The molecule has 0 bridgehead atoms. The normalized spacial score (nSPS) is 25.1. The molecule has 0 saturated heterocycles. The highest BCUT2D eigenvalue weighted by Gasteiger charge is 2.45. The molecule has 1 aromatic heterocycles. The topological polar surface area (TPSA) is 37.0 Å². The highest BCUT2D eigenvalue weighted by molar-refractivity contribution is 7.09.